The standard InChI is InChI=1S/C19H18N2O7/c1-27-13-5-2-11(3-6-13)14(23)7-4-12-9-21(19(26)20-18(12)25)17-8-15(24)16(10-22)28-17/h2-3,5-6,9,15-17,22,24H,8,10H2,1H3,(H,20,25,26). The number of ether oxygens (including phenoxy) is 2. The second kappa shape index (κ2) is 8.22. The molecule has 3 unspecified atom stereocenters. The summed E-state index contributed by atoms with van der Waals surface area (Å²) in [7, 11) is 1.51. The molecule has 9 heteroatoms. The van der Waals surface area contributed by atoms with Gasteiger partial charge in [-0.1, -0.05) is 5.92 Å². The number of ketones is 1. The van der Waals surface area contributed by atoms with Gasteiger partial charge in [-0.05, 0) is 30.2 Å². The van der Waals surface area contributed by atoms with Crippen LogP contribution in [-0.2, 0) is 4.74 Å². The fourth-order valence-corrected chi connectivity index (χ4v) is 2.78. The van der Waals surface area contributed by atoms with Crippen LogP contribution in [0.15, 0.2) is 40.1 Å². The average molecular weight is 386 g/mol. The van der Waals surface area contributed by atoms with E-state index in [9.17, 15) is 19.5 Å². The number of aromatic nitrogens is 2. The van der Waals surface area contributed by atoms with Gasteiger partial charge in [0.05, 0.1) is 19.8 Å². The summed E-state index contributed by atoms with van der Waals surface area (Å²) in [6.07, 6.45) is -1.40. The van der Waals surface area contributed by atoms with E-state index in [2.05, 4.69) is 16.8 Å². The van der Waals surface area contributed by atoms with Crippen LogP contribution in [-0.4, -0.2) is 51.5 Å². The fraction of sp³-hybridized carbons (Fsp3) is 0.316. The number of carbonyl (C=O) groups is 1. The highest BCUT2D eigenvalue weighted by Crippen LogP contribution is 2.27. The second-order valence-electron chi connectivity index (χ2n) is 6.13. The fourth-order valence-electron chi connectivity index (χ4n) is 2.78. The maximum atomic E-state index is 12.2. The number of rotatable bonds is 4. The van der Waals surface area contributed by atoms with Crippen LogP contribution in [0.3, 0.4) is 0 Å². The Bertz CT molecular complexity index is 1040. The molecule has 146 valence electrons. The lowest BCUT2D eigenvalue weighted by atomic mass is 10.1. The van der Waals surface area contributed by atoms with Gasteiger partial charge in [-0.2, -0.15) is 0 Å². The van der Waals surface area contributed by atoms with Crippen molar-refractivity contribution in [3.05, 3.63) is 62.4 Å². The van der Waals surface area contributed by atoms with Crippen LogP contribution in [0.2, 0.25) is 0 Å². The molecular weight excluding hydrogens is 368 g/mol. The maximum Gasteiger partial charge on any atom is 0.330 e. The highest BCUT2D eigenvalue weighted by Gasteiger charge is 2.35. The zero-order valence-electron chi connectivity index (χ0n) is 14.9. The molecule has 3 rings (SSSR count). The molecule has 1 fully saturated rings. The molecule has 1 aromatic carbocycles. The number of aliphatic hydroxyl groups is 2. The van der Waals surface area contributed by atoms with Gasteiger partial charge in [0.2, 0.25) is 5.78 Å². The van der Waals surface area contributed by atoms with Crippen LogP contribution in [0.1, 0.15) is 28.6 Å². The van der Waals surface area contributed by atoms with Gasteiger partial charge in [-0.25, -0.2) is 4.79 Å². The molecule has 1 aromatic heterocycles. The van der Waals surface area contributed by atoms with Crippen molar-refractivity contribution in [3.8, 4) is 17.6 Å². The predicted molar refractivity (Wildman–Crippen MR) is 97.1 cm³/mol. The summed E-state index contributed by atoms with van der Waals surface area (Å²) in [4.78, 5) is 38.3. The largest absolute Gasteiger partial charge is 0.497 e. The monoisotopic (exact) mass is 386 g/mol. The predicted octanol–water partition coefficient (Wildman–Crippen LogP) is -0.580. The molecule has 1 aliphatic rings. The lowest BCUT2D eigenvalue weighted by molar-refractivity contribution is -0.0459. The number of aromatic amines is 1. The van der Waals surface area contributed by atoms with Gasteiger partial charge in [-0.15, -0.1) is 0 Å². The van der Waals surface area contributed by atoms with E-state index in [4.69, 9.17) is 14.6 Å². The van der Waals surface area contributed by atoms with Crippen LogP contribution in [0.5, 0.6) is 5.75 Å². The molecule has 2 heterocycles. The summed E-state index contributed by atoms with van der Waals surface area (Å²) >= 11 is 0. The van der Waals surface area contributed by atoms with E-state index >= 15 is 0 Å². The van der Waals surface area contributed by atoms with E-state index in [0.29, 0.717) is 11.3 Å². The average Bonchev–Trinajstić information content (AvgIpc) is 3.07. The first kappa shape index (κ1) is 19.6. The molecule has 0 aliphatic carbocycles. The molecule has 1 aliphatic heterocycles. The minimum atomic E-state index is -0.944. The quantitative estimate of drug-likeness (QED) is 0.473. The number of nitrogens with one attached hydrogen (secondary N) is 1. The number of carbonyl (C=O) groups excluding carboxylic acids is 1. The van der Waals surface area contributed by atoms with Crippen LogP contribution in [0, 0.1) is 11.8 Å². The minimum Gasteiger partial charge on any atom is -0.497 e. The molecule has 0 amide bonds. The van der Waals surface area contributed by atoms with Gasteiger partial charge >= 0.3 is 5.69 Å². The van der Waals surface area contributed by atoms with Crippen molar-refractivity contribution in [2.75, 3.05) is 13.7 Å². The second-order valence-corrected chi connectivity index (χ2v) is 6.13. The van der Waals surface area contributed by atoms with Crippen LogP contribution < -0.4 is 16.0 Å². The van der Waals surface area contributed by atoms with Crippen molar-refractivity contribution in [1.29, 1.82) is 0 Å². The number of hydrogen-bond donors (Lipinski definition) is 3. The Hall–Kier alpha value is -3.19. The summed E-state index contributed by atoms with van der Waals surface area (Å²) in [5.74, 6) is 4.91. The van der Waals surface area contributed by atoms with Crippen LogP contribution in [0.25, 0.3) is 0 Å². The first-order valence-electron chi connectivity index (χ1n) is 8.43. The minimum absolute atomic E-state index is 0.0643. The Morgan fingerprint density at radius 1 is 1.36 bits per heavy atom. The van der Waals surface area contributed by atoms with E-state index in [-0.39, 0.29) is 12.0 Å². The first-order chi connectivity index (χ1) is 13.4. The van der Waals surface area contributed by atoms with Crippen molar-refractivity contribution in [3.63, 3.8) is 0 Å². The Morgan fingerprint density at radius 3 is 2.68 bits per heavy atom. The SMILES string of the molecule is COc1ccc(C(=O)C#Cc2cn(C3CC(O)C(CO)O3)c(=O)[nH]c2=O)cc1. The molecular formula is C19H18N2O7. The number of nitrogens with zero attached hydrogens (tertiary/aromatic N) is 1. The van der Waals surface area contributed by atoms with Crippen molar-refractivity contribution >= 4 is 5.78 Å². The van der Waals surface area contributed by atoms with Gasteiger partial charge < -0.3 is 19.7 Å². The normalized spacial score (nSPS) is 21.0. The van der Waals surface area contributed by atoms with Crippen molar-refractivity contribution in [1.82, 2.24) is 9.55 Å². The van der Waals surface area contributed by atoms with E-state index in [1.165, 1.54) is 13.3 Å². The molecule has 28 heavy (non-hydrogen) atoms. The Balaban J connectivity index is 1.87. The number of H-pyrrole nitrogens is 1. The number of Topliss-reactive ketones (excluding diaryl/α,β-unsaturated/α-hetero) is 1. The van der Waals surface area contributed by atoms with Crippen molar-refractivity contribution in [2.24, 2.45) is 0 Å². The summed E-state index contributed by atoms with van der Waals surface area (Å²) < 4.78 is 11.5. The van der Waals surface area contributed by atoms with Gasteiger partial charge in [-0.3, -0.25) is 19.1 Å². The summed E-state index contributed by atoms with van der Waals surface area (Å²) in [5, 5.41) is 19.0. The Morgan fingerprint density at radius 2 is 2.07 bits per heavy atom. The third kappa shape index (κ3) is 4.04. The van der Waals surface area contributed by atoms with Crippen molar-refractivity contribution < 1.29 is 24.5 Å². The molecule has 0 saturated carbocycles. The molecule has 3 N–H and O–H groups in total. The molecule has 0 radical (unpaired) electrons. The number of methoxy groups -OCH3 is 1. The molecule has 9 nitrogen and oxygen atoms in total. The van der Waals surface area contributed by atoms with E-state index in [1.54, 1.807) is 24.3 Å². The highest BCUT2D eigenvalue weighted by atomic mass is 16.5. The summed E-state index contributed by atoms with van der Waals surface area (Å²) in [6.45, 7) is -0.404. The van der Waals surface area contributed by atoms with Crippen LogP contribution >= 0.6 is 0 Å². The third-order valence-corrected chi connectivity index (χ3v) is 4.33. The number of aliphatic hydroxyl groups excluding tert-OH is 2. The number of benzene rings is 1. The topological polar surface area (TPSA) is 131 Å². The van der Waals surface area contributed by atoms with E-state index in [1.807, 2.05) is 0 Å². The van der Waals surface area contributed by atoms with E-state index < -0.39 is 42.1 Å². The third-order valence-electron chi connectivity index (χ3n) is 4.33. The Kier molecular flexibility index (Phi) is 5.75. The molecule has 0 bridgehead atoms. The molecule has 0 spiro atoms. The van der Waals surface area contributed by atoms with Gasteiger partial charge in [0, 0.05) is 18.2 Å². The molecule has 2 aromatic rings. The summed E-state index contributed by atoms with van der Waals surface area (Å²) in [5.41, 5.74) is -1.26. The zero-order chi connectivity index (χ0) is 20.3. The first-order valence-corrected chi connectivity index (χ1v) is 8.43. The smallest absolute Gasteiger partial charge is 0.330 e. The van der Waals surface area contributed by atoms with E-state index in [0.717, 1.165) is 4.57 Å². The lowest BCUT2D eigenvalue weighted by Gasteiger charge is -2.14. The Labute approximate surface area is 159 Å². The van der Waals surface area contributed by atoms with Gasteiger partial charge in [0.1, 0.15) is 23.6 Å². The summed E-state index contributed by atoms with van der Waals surface area (Å²) in [6, 6.07) is 6.32. The molecule has 1 saturated heterocycles. The van der Waals surface area contributed by atoms with Crippen molar-refractivity contribution in [2.45, 2.75) is 24.9 Å². The maximum absolute atomic E-state index is 12.2. The highest BCUT2D eigenvalue weighted by molar-refractivity contribution is 6.09. The number of hydrogen-bond acceptors (Lipinski definition) is 7. The molecule has 3 atom stereocenters. The van der Waals surface area contributed by atoms with Gasteiger partial charge in [0.15, 0.2) is 0 Å². The van der Waals surface area contributed by atoms with Gasteiger partial charge in [0.25, 0.3) is 5.56 Å². The lowest BCUT2D eigenvalue weighted by Crippen LogP contribution is -2.33. The zero-order valence-corrected chi connectivity index (χ0v) is 14.9. The van der Waals surface area contributed by atoms with Crippen LogP contribution in [0.4, 0.5) is 0 Å².